The summed E-state index contributed by atoms with van der Waals surface area (Å²) in [5.41, 5.74) is -2.19. The molecule has 0 bridgehead atoms. The number of benzene rings is 3. The van der Waals surface area contributed by atoms with Crippen molar-refractivity contribution >= 4 is 17.3 Å². The number of aliphatic hydroxyl groups excluding tert-OH is 1. The highest BCUT2D eigenvalue weighted by molar-refractivity contribution is 6.31. The Kier molecular flexibility index (Phi) is 8.00. The molecule has 4 N–H and O–H groups in total. The first-order valence-electron chi connectivity index (χ1n) is 14.7. The molecule has 6 atom stereocenters. The summed E-state index contributed by atoms with van der Waals surface area (Å²) in [6.45, 7) is 3.15. The van der Waals surface area contributed by atoms with Crippen LogP contribution in [0.25, 0.3) is 0 Å². The highest BCUT2D eigenvalue weighted by Gasteiger charge is 2.49. The van der Waals surface area contributed by atoms with E-state index >= 15 is 0 Å². The second kappa shape index (κ2) is 11.7. The number of rotatable bonds is 7. The Hall–Kier alpha value is -4.13. The quantitative estimate of drug-likeness (QED) is 0.224. The first kappa shape index (κ1) is 30.9. The van der Waals surface area contributed by atoms with Gasteiger partial charge >= 0.3 is 0 Å². The Morgan fingerprint density at radius 1 is 1.00 bits per heavy atom. The monoisotopic (exact) mass is 618 g/mol. The molecule has 1 aliphatic heterocycles. The highest BCUT2D eigenvalue weighted by atomic mass is 16.7. The van der Waals surface area contributed by atoms with Crippen LogP contribution < -0.4 is 4.74 Å². The van der Waals surface area contributed by atoms with E-state index in [1.165, 1.54) is 32.2 Å². The third-order valence-electron chi connectivity index (χ3n) is 8.97. The molecule has 11 nitrogen and oxygen atoms in total. The van der Waals surface area contributed by atoms with E-state index in [2.05, 4.69) is 0 Å². The zero-order valence-electron chi connectivity index (χ0n) is 25.0. The second-order valence-electron chi connectivity index (χ2n) is 11.8. The van der Waals surface area contributed by atoms with Crippen molar-refractivity contribution in [2.45, 2.75) is 76.0 Å². The summed E-state index contributed by atoms with van der Waals surface area (Å²) in [5, 5.41) is 45.5. The lowest BCUT2D eigenvalue weighted by atomic mass is 9.72. The van der Waals surface area contributed by atoms with Gasteiger partial charge in [-0.05, 0) is 25.5 Å². The van der Waals surface area contributed by atoms with Crippen molar-refractivity contribution in [1.82, 2.24) is 0 Å². The number of hydrogen-bond acceptors (Lipinski definition) is 11. The number of hydrogen-bond donors (Lipinski definition) is 4. The molecule has 3 aromatic carbocycles. The topological polar surface area (TPSA) is 169 Å². The normalized spacial score (nSPS) is 27.4. The molecule has 11 heteroatoms. The highest BCUT2D eigenvalue weighted by Crippen LogP contribution is 2.52. The second-order valence-corrected chi connectivity index (χ2v) is 11.8. The van der Waals surface area contributed by atoms with Crippen LogP contribution in [0, 0.1) is 0 Å². The van der Waals surface area contributed by atoms with Crippen LogP contribution in [0.2, 0.25) is 0 Å². The van der Waals surface area contributed by atoms with Gasteiger partial charge in [0.05, 0.1) is 48.7 Å². The zero-order chi connectivity index (χ0) is 32.2. The maximum Gasteiger partial charge on any atom is 0.202 e. The van der Waals surface area contributed by atoms with Crippen molar-refractivity contribution in [2.24, 2.45) is 0 Å². The van der Waals surface area contributed by atoms with Crippen LogP contribution in [0.1, 0.15) is 81.3 Å². The third kappa shape index (κ3) is 5.20. The number of fused-ring (bicyclic) bond motifs is 3. The van der Waals surface area contributed by atoms with Crippen LogP contribution in [0.15, 0.2) is 48.5 Å². The molecule has 0 spiro atoms. The lowest BCUT2D eigenvalue weighted by Gasteiger charge is -2.42. The van der Waals surface area contributed by atoms with Gasteiger partial charge in [0.1, 0.15) is 29.0 Å². The van der Waals surface area contributed by atoms with Crippen molar-refractivity contribution in [2.75, 3.05) is 7.11 Å². The van der Waals surface area contributed by atoms with Crippen LogP contribution in [0.4, 0.5) is 0 Å². The minimum absolute atomic E-state index is 0.0189. The lowest BCUT2D eigenvalue weighted by molar-refractivity contribution is -0.274. The molecule has 0 amide bonds. The van der Waals surface area contributed by atoms with Crippen molar-refractivity contribution in [3.8, 4) is 17.2 Å². The van der Waals surface area contributed by atoms with Crippen LogP contribution in [-0.4, -0.2) is 75.1 Å². The van der Waals surface area contributed by atoms with Gasteiger partial charge in [0, 0.05) is 36.0 Å². The van der Waals surface area contributed by atoms with Gasteiger partial charge in [0.2, 0.25) is 5.78 Å². The van der Waals surface area contributed by atoms with Gasteiger partial charge in [0.25, 0.3) is 0 Å². The SMILES string of the molecule is COc1cccc2c1C(=O)c1c(O)c3c(c(O)c1C2=O)C[C@@](O)(C(C)=O)C[C@H]3OC1CC(O)C(OCc2ccccc2)C(C)O1. The van der Waals surface area contributed by atoms with Gasteiger partial charge in [-0.15, -0.1) is 0 Å². The number of Topliss-reactive ketones (excluding diaryl/α,β-unsaturated/α-hetero) is 1. The Balaban J connectivity index is 1.35. The van der Waals surface area contributed by atoms with E-state index in [1.807, 2.05) is 30.3 Å². The van der Waals surface area contributed by atoms with E-state index in [4.69, 9.17) is 18.9 Å². The Labute approximate surface area is 258 Å². The number of carbonyl (C=O) groups is 3. The first-order chi connectivity index (χ1) is 21.4. The molecule has 3 aromatic rings. The third-order valence-corrected chi connectivity index (χ3v) is 8.97. The van der Waals surface area contributed by atoms with E-state index in [0.717, 1.165) is 5.56 Å². The van der Waals surface area contributed by atoms with E-state index in [-0.39, 0.29) is 47.5 Å². The molecule has 236 valence electrons. The summed E-state index contributed by atoms with van der Waals surface area (Å²) < 4.78 is 23.5. The molecule has 45 heavy (non-hydrogen) atoms. The Morgan fingerprint density at radius 3 is 2.38 bits per heavy atom. The fourth-order valence-electron chi connectivity index (χ4n) is 6.60. The average molecular weight is 619 g/mol. The largest absolute Gasteiger partial charge is 0.507 e. The van der Waals surface area contributed by atoms with E-state index in [1.54, 1.807) is 6.92 Å². The minimum Gasteiger partial charge on any atom is -0.507 e. The number of aliphatic hydroxyl groups is 2. The summed E-state index contributed by atoms with van der Waals surface area (Å²) in [6.07, 6.45) is -5.49. The van der Waals surface area contributed by atoms with Crippen LogP contribution in [0.5, 0.6) is 17.2 Å². The van der Waals surface area contributed by atoms with Crippen molar-refractivity contribution < 1.29 is 53.8 Å². The van der Waals surface area contributed by atoms with Crippen LogP contribution in [-0.2, 0) is 32.0 Å². The number of phenolic OH excluding ortho intramolecular Hbond substituents is 2. The maximum atomic E-state index is 13.8. The summed E-state index contributed by atoms with van der Waals surface area (Å²) in [5.74, 6) is -3.22. The fraction of sp³-hybridized carbons (Fsp3) is 0.382. The maximum absolute atomic E-state index is 13.8. The number of methoxy groups -OCH3 is 1. The van der Waals surface area contributed by atoms with Crippen molar-refractivity contribution in [3.63, 3.8) is 0 Å². The fourth-order valence-corrected chi connectivity index (χ4v) is 6.60. The lowest BCUT2D eigenvalue weighted by Crippen LogP contribution is -2.50. The summed E-state index contributed by atoms with van der Waals surface area (Å²) in [7, 11) is 1.34. The summed E-state index contributed by atoms with van der Waals surface area (Å²) in [6, 6.07) is 13.9. The van der Waals surface area contributed by atoms with Crippen LogP contribution >= 0.6 is 0 Å². The van der Waals surface area contributed by atoms with Gasteiger partial charge in [-0.1, -0.05) is 42.5 Å². The molecule has 1 fully saturated rings. The molecular formula is C34H34O11. The standard InChI is InChI=1S/C34H34O11/c1-16-33(43-15-18-8-5-4-6-9-18)21(36)12-24(44-16)45-23-14-34(41,17(2)35)13-20-26(23)32(40)28-27(30(20)38)29(37)19-10-7-11-22(42-3)25(19)31(28)39/h4-11,16,21,23-24,33,36,38,40-41H,12-15H2,1-3H3/t16?,21?,23-,24?,33?,34+/m1/s1. The molecular weight excluding hydrogens is 584 g/mol. The number of phenols is 2. The molecule has 0 aromatic heterocycles. The van der Waals surface area contributed by atoms with Gasteiger partial charge in [-0.25, -0.2) is 0 Å². The number of carbonyl (C=O) groups excluding carboxylic acids is 3. The number of aromatic hydroxyl groups is 2. The minimum atomic E-state index is -2.03. The van der Waals surface area contributed by atoms with Crippen LogP contribution in [0.3, 0.4) is 0 Å². The predicted molar refractivity (Wildman–Crippen MR) is 157 cm³/mol. The first-order valence-corrected chi connectivity index (χ1v) is 14.7. The van der Waals surface area contributed by atoms with Gasteiger partial charge in [-0.3, -0.25) is 14.4 Å². The Bertz CT molecular complexity index is 1670. The molecule has 0 radical (unpaired) electrons. The number of ketones is 3. The Morgan fingerprint density at radius 2 is 1.71 bits per heavy atom. The number of ether oxygens (including phenoxy) is 4. The summed E-state index contributed by atoms with van der Waals surface area (Å²) in [4.78, 5) is 40.1. The summed E-state index contributed by atoms with van der Waals surface area (Å²) >= 11 is 0. The van der Waals surface area contributed by atoms with Gasteiger partial charge in [-0.2, -0.15) is 0 Å². The van der Waals surface area contributed by atoms with E-state index < -0.39 is 82.7 Å². The smallest absolute Gasteiger partial charge is 0.202 e. The molecule has 4 unspecified atom stereocenters. The predicted octanol–water partition coefficient (Wildman–Crippen LogP) is 3.29. The van der Waals surface area contributed by atoms with Gasteiger partial charge < -0.3 is 39.4 Å². The molecule has 1 heterocycles. The molecule has 0 saturated carbocycles. The van der Waals surface area contributed by atoms with E-state index in [9.17, 15) is 34.8 Å². The van der Waals surface area contributed by atoms with E-state index in [0.29, 0.717) is 0 Å². The molecule has 3 aliphatic rings. The van der Waals surface area contributed by atoms with Crippen molar-refractivity contribution in [3.05, 3.63) is 87.5 Å². The van der Waals surface area contributed by atoms with Gasteiger partial charge in [0.15, 0.2) is 17.9 Å². The molecule has 6 rings (SSSR count). The van der Waals surface area contributed by atoms with Crippen molar-refractivity contribution in [1.29, 1.82) is 0 Å². The molecule has 2 aliphatic carbocycles. The zero-order valence-corrected chi connectivity index (χ0v) is 25.0. The molecule has 1 saturated heterocycles. The average Bonchev–Trinajstić information content (AvgIpc) is 3.01.